The number of carbonyl (C=O) groups excluding carboxylic acids is 1. The molecule has 0 aliphatic heterocycles. The molecule has 2 N–H and O–H groups in total. The van der Waals surface area contributed by atoms with E-state index < -0.39 is 0 Å². The molecule has 0 radical (unpaired) electrons. The van der Waals surface area contributed by atoms with Crippen molar-refractivity contribution in [2.24, 2.45) is 0 Å². The Kier molecular flexibility index (Phi) is 5.48. The number of benzene rings is 1. The average molecular weight is 331 g/mol. The van der Waals surface area contributed by atoms with Crippen LogP contribution in [0.2, 0.25) is 10.0 Å². The van der Waals surface area contributed by atoms with Gasteiger partial charge in [0.15, 0.2) is 0 Å². The first kappa shape index (κ1) is 17.6. The lowest BCUT2D eigenvalue weighted by atomic mass is 10.1. The van der Waals surface area contributed by atoms with Gasteiger partial charge in [0.2, 0.25) is 5.96 Å². The molecule has 0 saturated heterocycles. The van der Waals surface area contributed by atoms with Crippen LogP contribution in [0.4, 0.5) is 10.5 Å². The molecule has 7 heteroatoms. The summed E-state index contributed by atoms with van der Waals surface area (Å²) in [6.07, 6.45) is 0. The van der Waals surface area contributed by atoms with Crippen LogP contribution in [-0.4, -0.2) is 36.5 Å². The molecule has 0 spiro atoms. The number of para-hydroxylation sites is 1. The minimum absolute atomic E-state index is 0.0354. The third-order valence-corrected chi connectivity index (χ3v) is 3.30. The average Bonchev–Trinajstić information content (AvgIpc) is 2.34. The van der Waals surface area contributed by atoms with Gasteiger partial charge in [0.25, 0.3) is 0 Å². The van der Waals surface area contributed by atoms with Crippen LogP contribution in [0.15, 0.2) is 18.2 Å². The van der Waals surface area contributed by atoms with Crippen molar-refractivity contribution in [3.8, 4) is 0 Å². The zero-order chi connectivity index (χ0) is 16.4. The van der Waals surface area contributed by atoms with E-state index in [9.17, 15) is 4.79 Å². The van der Waals surface area contributed by atoms with Gasteiger partial charge in [-0.2, -0.15) is 0 Å². The van der Waals surface area contributed by atoms with Crippen molar-refractivity contribution in [1.29, 1.82) is 5.41 Å². The standard InChI is InChI=1S/C14H20Cl2N4O/c1-14(2,3)18-13(21)20(5)12(17)19(4)11-9(15)7-6-8-10(11)16/h6-8,17H,1-5H3,(H,18,21). The molecule has 0 aliphatic carbocycles. The SMILES string of the molecule is CN(C(=N)N(C)c1c(Cl)cccc1Cl)C(=O)NC(C)(C)C. The molecule has 0 saturated carbocycles. The van der Waals surface area contributed by atoms with Crippen molar-refractivity contribution in [1.82, 2.24) is 10.2 Å². The van der Waals surface area contributed by atoms with E-state index in [1.807, 2.05) is 20.8 Å². The maximum Gasteiger partial charge on any atom is 0.324 e. The predicted molar refractivity (Wildman–Crippen MR) is 88.6 cm³/mol. The zero-order valence-corrected chi connectivity index (χ0v) is 14.3. The van der Waals surface area contributed by atoms with Gasteiger partial charge in [-0.05, 0) is 32.9 Å². The van der Waals surface area contributed by atoms with E-state index in [1.54, 1.807) is 25.2 Å². The lowest BCUT2D eigenvalue weighted by molar-refractivity contribution is 0.216. The van der Waals surface area contributed by atoms with Gasteiger partial charge in [0.1, 0.15) is 0 Å². The second kappa shape index (κ2) is 6.54. The molecule has 5 nitrogen and oxygen atoms in total. The lowest BCUT2D eigenvalue weighted by Gasteiger charge is -2.30. The smallest absolute Gasteiger partial charge is 0.324 e. The zero-order valence-electron chi connectivity index (χ0n) is 12.8. The van der Waals surface area contributed by atoms with Gasteiger partial charge < -0.3 is 10.2 Å². The number of hydrogen-bond acceptors (Lipinski definition) is 2. The van der Waals surface area contributed by atoms with Crippen LogP contribution in [0.1, 0.15) is 20.8 Å². The lowest BCUT2D eigenvalue weighted by Crippen LogP contribution is -2.52. The number of rotatable bonds is 1. The Bertz CT molecular complexity index is 534. The molecule has 21 heavy (non-hydrogen) atoms. The van der Waals surface area contributed by atoms with E-state index >= 15 is 0 Å². The molecule has 1 aromatic rings. The largest absolute Gasteiger partial charge is 0.333 e. The highest BCUT2D eigenvalue weighted by molar-refractivity contribution is 6.40. The summed E-state index contributed by atoms with van der Waals surface area (Å²) in [7, 11) is 3.15. The molecular formula is C14H20Cl2N4O. The summed E-state index contributed by atoms with van der Waals surface area (Å²) in [6.45, 7) is 5.62. The summed E-state index contributed by atoms with van der Waals surface area (Å²) in [5, 5.41) is 11.8. The Morgan fingerprint density at radius 2 is 1.67 bits per heavy atom. The number of hydrogen-bond donors (Lipinski definition) is 2. The van der Waals surface area contributed by atoms with Gasteiger partial charge in [-0.15, -0.1) is 0 Å². The number of urea groups is 1. The van der Waals surface area contributed by atoms with Crippen molar-refractivity contribution < 1.29 is 4.79 Å². The third-order valence-electron chi connectivity index (χ3n) is 2.69. The van der Waals surface area contributed by atoms with Crippen molar-refractivity contribution in [2.75, 3.05) is 19.0 Å². The number of nitrogens with one attached hydrogen (secondary N) is 2. The van der Waals surface area contributed by atoms with Gasteiger partial charge in [-0.1, -0.05) is 29.3 Å². The summed E-state index contributed by atoms with van der Waals surface area (Å²) >= 11 is 12.2. The van der Waals surface area contributed by atoms with Crippen LogP contribution in [-0.2, 0) is 0 Å². The summed E-state index contributed by atoms with van der Waals surface area (Å²) in [6, 6.07) is 4.72. The molecule has 0 bridgehead atoms. The van der Waals surface area contributed by atoms with Crippen LogP contribution in [0.25, 0.3) is 0 Å². The van der Waals surface area contributed by atoms with E-state index in [0.717, 1.165) is 0 Å². The van der Waals surface area contributed by atoms with E-state index in [2.05, 4.69) is 5.32 Å². The van der Waals surface area contributed by atoms with E-state index in [0.29, 0.717) is 15.7 Å². The van der Waals surface area contributed by atoms with Crippen molar-refractivity contribution in [2.45, 2.75) is 26.3 Å². The first-order valence-electron chi connectivity index (χ1n) is 6.36. The fraction of sp³-hybridized carbons (Fsp3) is 0.429. The van der Waals surface area contributed by atoms with E-state index in [4.69, 9.17) is 28.6 Å². The minimum atomic E-state index is -0.383. The van der Waals surface area contributed by atoms with Crippen molar-refractivity contribution in [3.05, 3.63) is 28.2 Å². The number of halogens is 2. The fourth-order valence-electron chi connectivity index (χ4n) is 1.64. The monoisotopic (exact) mass is 330 g/mol. The normalized spacial score (nSPS) is 11.0. The number of guanidine groups is 1. The second-order valence-corrected chi connectivity index (χ2v) is 6.51. The van der Waals surface area contributed by atoms with Gasteiger partial charge in [0, 0.05) is 19.6 Å². The number of anilines is 1. The number of carbonyl (C=O) groups is 1. The first-order chi connectivity index (χ1) is 9.54. The quantitative estimate of drug-likeness (QED) is 0.607. The summed E-state index contributed by atoms with van der Waals surface area (Å²) in [5.41, 5.74) is 0.105. The Balaban J connectivity index is 2.95. The highest BCUT2D eigenvalue weighted by Crippen LogP contribution is 2.33. The van der Waals surface area contributed by atoms with Crippen molar-refractivity contribution in [3.63, 3.8) is 0 Å². The number of nitrogens with zero attached hydrogens (tertiary/aromatic N) is 2. The van der Waals surface area contributed by atoms with Crippen LogP contribution in [0, 0.1) is 5.41 Å². The summed E-state index contributed by atoms with van der Waals surface area (Å²) < 4.78 is 0. The Labute approximate surface area is 135 Å². The molecular weight excluding hydrogens is 311 g/mol. The van der Waals surface area contributed by atoms with Crippen LogP contribution in [0.3, 0.4) is 0 Å². The highest BCUT2D eigenvalue weighted by atomic mass is 35.5. The maximum absolute atomic E-state index is 12.1. The van der Waals surface area contributed by atoms with Crippen LogP contribution in [0.5, 0.6) is 0 Å². The highest BCUT2D eigenvalue weighted by Gasteiger charge is 2.24. The molecule has 0 heterocycles. The van der Waals surface area contributed by atoms with Gasteiger partial charge in [-0.3, -0.25) is 10.3 Å². The third kappa shape index (κ3) is 4.51. The van der Waals surface area contributed by atoms with Gasteiger partial charge in [-0.25, -0.2) is 4.79 Å². The Hall–Kier alpha value is -1.46. The van der Waals surface area contributed by atoms with Gasteiger partial charge in [0.05, 0.1) is 15.7 Å². The Morgan fingerprint density at radius 3 is 2.10 bits per heavy atom. The summed E-state index contributed by atoms with van der Waals surface area (Å²) in [5.74, 6) is -0.0354. The van der Waals surface area contributed by atoms with Crippen LogP contribution < -0.4 is 10.2 Å². The molecule has 2 amide bonds. The topological polar surface area (TPSA) is 59.4 Å². The number of amides is 2. The fourth-order valence-corrected chi connectivity index (χ4v) is 2.29. The maximum atomic E-state index is 12.1. The molecule has 0 aromatic heterocycles. The Morgan fingerprint density at radius 1 is 1.19 bits per heavy atom. The predicted octanol–water partition coefficient (Wildman–Crippen LogP) is 3.80. The molecule has 0 unspecified atom stereocenters. The molecule has 0 aliphatic rings. The molecule has 0 atom stereocenters. The van der Waals surface area contributed by atoms with Crippen LogP contribution >= 0.6 is 23.2 Å². The van der Waals surface area contributed by atoms with Crippen molar-refractivity contribution >= 4 is 40.9 Å². The summed E-state index contributed by atoms with van der Waals surface area (Å²) in [4.78, 5) is 14.8. The van der Waals surface area contributed by atoms with Gasteiger partial charge >= 0.3 is 6.03 Å². The molecule has 116 valence electrons. The molecule has 0 fully saturated rings. The second-order valence-electron chi connectivity index (χ2n) is 5.69. The molecule has 1 aromatic carbocycles. The molecule has 1 rings (SSSR count). The van der Waals surface area contributed by atoms with E-state index in [1.165, 1.54) is 16.8 Å². The van der Waals surface area contributed by atoms with E-state index in [-0.39, 0.29) is 17.5 Å². The minimum Gasteiger partial charge on any atom is -0.333 e. The first-order valence-corrected chi connectivity index (χ1v) is 7.12.